The molecule has 0 aliphatic carbocycles. The number of likely N-dealkylation sites (N-methyl/N-ethyl adjacent to an activating group) is 1. The van der Waals surface area contributed by atoms with Crippen molar-refractivity contribution in [3.05, 3.63) is 52.4 Å². The summed E-state index contributed by atoms with van der Waals surface area (Å²) in [6.07, 6.45) is 0.945. The smallest absolute Gasteiger partial charge is 0.339 e. The molecule has 26 heavy (non-hydrogen) atoms. The molecule has 0 atom stereocenters. The third-order valence-electron chi connectivity index (χ3n) is 3.69. The van der Waals surface area contributed by atoms with Gasteiger partial charge < -0.3 is 9.64 Å². The van der Waals surface area contributed by atoms with Gasteiger partial charge in [-0.25, -0.2) is 18.4 Å². The molecule has 0 aliphatic rings. The highest BCUT2D eigenvalue weighted by atomic mass is 32.2. The normalized spacial score (nSPS) is 11.2. The molecule has 0 unspecified atom stereocenters. The van der Waals surface area contributed by atoms with Crippen molar-refractivity contribution in [2.75, 3.05) is 13.7 Å². The van der Waals surface area contributed by atoms with Gasteiger partial charge in [0.2, 0.25) is 10.0 Å². The van der Waals surface area contributed by atoms with Gasteiger partial charge in [-0.15, -0.1) is 11.3 Å². The van der Waals surface area contributed by atoms with Gasteiger partial charge in [0.05, 0.1) is 5.56 Å². The molecule has 9 heteroatoms. The predicted molar refractivity (Wildman–Crippen MR) is 98.3 cm³/mol. The molecular formula is C17H20N2O5S2. The number of amides is 1. The van der Waals surface area contributed by atoms with Crippen LogP contribution in [0.25, 0.3) is 0 Å². The molecule has 7 nitrogen and oxygen atoms in total. The monoisotopic (exact) mass is 396 g/mol. The fourth-order valence-electron chi connectivity index (χ4n) is 2.14. The van der Waals surface area contributed by atoms with Crippen LogP contribution in [-0.4, -0.2) is 38.8 Å². The summed E-state index contributed by atoms with van der Waals surface area (Å²) >= 11 is 0.821. The molecule has 2 aromatic rings. The highest BCUT2D eigenvalue weighted by molar-refractivity contribution is 7.91. The number of carbonyl (C=O) groups excluding carboxylic acids is 2. The molecule has 0 fully saturated rings. The zero-order valence-corrected chi connectivity index (χ0v) is 16.1. The van der Waals surface area contributed by atoms with Gasteiger partial charge in [0, 0.05) is 19.0 Å². The minimum Gasteiger partial charge on any atom is -0.452 e. The number of primary sulfonamides is 1. The first kappa shape index (κ1) is 20.1. The summed E-state index contributed by atoms with van der Waals surface area (Å²) in [6, 6.07) is 9.05. The van der Waals surface area contributed by atoms with Crippen molar-refractivity contribution in [2.24, 2.45) is 5.14 Å². The highest BCUT2D eigenvalue weighted by Gasteiger charge is 2.18. The van der Waals surface area contributed by atoms with Crippen LogP contribution in [0.4, 0.5) is 0 Å². The van der Waals surface area contributed by atoms with E-state index < -0.39 is 22.6 Å². The van der Waals surface area contributed by atoms with Gasteiger partial charge in [0.25, 0.3) is 5.91 Å². The number of hydrogen-bond acceptors (Lipinski definition) is 6. The summed E-state index contributed by atoms with van der Waals surface area (Å²) in [4.78, 5) is 25.5. The summed E-state index contributed by atoms with van der Waals surface area (Å²) < 4.78 is 27.2. The minimum atomic E-state index is -3.86. The molecular weight excluding hydrogens is 376 g/mol. The molecule has 0 spiro atoms. The number of rotatable bonds is 7. The van der Waals surface area contributed by atoms with E-state index in [4.69, 9.17) is 9.88 Å². The van der Waals surface area contributed by atoms with Gasteiger partial charge in [-0.2, -0.15) is 0 Å². The van der Waals surface area contributed by atoms with Crippen LogP contribution >= 0.6 is 11.3 Å². The van der Waals surface area contributed by atoms with Crippen molar-refractivity contribution in [3.63, 3.8) is 0 Å². The lowest BCUT2D eigenvalue weighted by Gasteiger charge is -2.17. The molecule has 140 valence electrons. The number of nitrogens with zero attached hydrogens (tertiary/aromatic N) is 1. The average Bonchev–Trinajstić information content (AvgIpc) is 3.10. The maximum absolute atomic E-state index is 12.1. The molecule has 2 N–H and O–H groups in total. The van der Waals surface area contributed by atoms with Crippen LogP contribution in [0.2, 0.25) is 0 Å². The van der Waals surface area contributed by atoms with E-state index in [1.54, 1.807) is 7.05 Å². The summed E-state index contributed by atoms with van der Waals surface area (Å²) in [6.45, 7) is 2.04. The number of benzene rings is 1. The van der Waals surface area contributed by atoms with Crippen molar-refractivity contribution in [2.45, 2.75) is 24.1 Å². The zero-order valence-electron chi connectivity index (χ0n) is 14.5. The van der Waals surface area contributed by atoms with Crippen molar-refractivity contribution in [1.82, 2.24) is 4.90 Å². The van der Waals surface area contributed by atoms with Crippen LogP contribution in [0.3, 0.4) is 0 Å². The Hall–Kier alpha value is -2.23. The minimum absolute atomic E-state index is 0.0460. The van der Waals surface area contributed by atoms with E-state index in [1.807, 2.05) is 24.3 Å². The van der Waals surface area contributed by atoms with E-state index in [9.17, 15) is 18.0 Å². The predicted octanol–water partition coefficient (Wildman–Crippen LogP) is 1.77. The molecule has 0 radical (unpaired) electrons. The third-order valence-corrected chi connectivity index (χ3v) is 6.08. The van der Waals surface area contributed by atoms with E-state index in [-0.39, 0.29) is 15.7 Å². The maximum atomic E-state index is 12.1. The second-order valence-electron chi connectivity index (χ2n) is 5.70. The Labute approximate surface area is 156 Å². The van der Waals surface area contributed by atoms with Crippen LogP contribution in [0, 0.1) is 0 Å². The number of ether oxygens (including phenoxy) is 1. The van der Waals surface area contributed by atoms with Crippen molar-refractivity contribution >= 4 is 33.2 Å². The molecule has 0 aliphatic heterocycles. The fraction of sp³-hybridized carbons (Fsp3) is 0.294. The van der Waals surface area contributed by atoms with Crippen molar-refractivity contribution < 1.29 is 22.7 Å². The molecule has 2 rings (SSSR count). The van der Waals surface area contributed by atoms with Gasteiger partial charge >= 0.3 is 5.97 Å². The van der Waals surface area contributed by atoms with Crippen LogP contribution in [-0.2, 0) is 32.5 Å². The van der Waals surface area contributed by atoms with Gasteiger partial charge in [0.15, 0.2) is 6.61 Å². The number of hydrogen-bond donors (Lipinski definition) is 1. The molecule has 1 aromatic heterocycles. The van der Waals surface area contributed by atoms with E-state index in [0.29, 0.717) is 6.54 Å². The molecule has 0 saturated heterocycles. The number of carbonyl (C=O) groups is 2. The summed E-state index contributed by atoms with van der Waals surface area (Å²) in [5.41, 5.74) is 2.23. The Bertz CT molecular complexity index is 888. The Morgan fingerprint density at radius 1 is 1.19 bits per heavy atom. The number of thiophene rings is 1. The fourth-order valence-corrected chi connectivity index (χ4v) is 3.71. The van der Waals surface area contributed by atoms with Crippen LogP contribution in [0.5, 0.6) is 0 Å². The largest absolute Gasteiger partial charge is 0.452 e. The average molecular weight is 396 g/mol. The van der Waals surface area contributed by atoms with Crippen LogP contribution in [0.1, 0.15) is 28.4 Å². The quantitative estimate of drug-likeness (QED) is 0.718. The lowest BCUT2D eigenvalue weighted by atomic mass is 10.1. The first-order valence-electron chi connectivity index (χ1n) is 7.81. The number of sulfonamides is 1. The van der Waals surface area contributed by atoms with E-state index >= 15 is 0 Å². The maximum Gasteiger partial charge on any atom is 0.339 e. The van der Waals surface area contributed by atoms with Gasteiger partial charge in [-0.1, -0.05) is 31.2 Å². The molecule has 1 amide bonds. The van der Waals surface area contributed by atoms with Crippen molar-refractivity contribution in [1.29, 1.82) is 0 Å². The van der Waals surface area contributed by atoms with Gasteiger partial charge in [-0.05, 0) is 23.6 Å². The molecule has 0 saturated carbocycles. The van der Waals surface area contributed by atoms with Crippen LogP contribution < -0.4 is 5.14 Å². The lowest BCUT2D eigenvalue weighted by molar-refractivity contribution is -0.133. The number of nitrogens with two attached hydrogens (primary N) is 1. The second-order valence-corrected chi connectivity index (χ2v) is 8.39. The third kappa shape index (κ3) is 5.38. The first-order valence-corrected chi connectivity index (χ1v) is 10.2. The van der Waals surface area contributed by atoms with Crippen LogP contribution in [0.15, 0.2) is 39.9 Å². The topological polar surface area (TPSA) is 107 Å². The summed E-state index contributed by atoms with van der Waals surface area (Å²) in [5.74, 6) is -1.13. The molecule has 1 heterocycles. The Morgan fingerprint density at radius 3 is 2.35 bits per heavy atom. The van der Waals surface area contributed by atoms with Crippen molar-refractivity contribution in [3.8, 4) is 0 Å². The molecule has 0 bridgehead atoms. The standard InChI is InChI=1S/C17H20N2O5S2/c1-3-12-4-6-13(7-5-12)9-19(2)15(20)10-24-17(21)14-8-16(25-11-14)26(18,22)23/h4-8,11H,3,9-10H2,1-2H3,(H2,18,22,23). The molecule has 1 aromatic carbocycles. The number of aryl methyl sites for hydroxylation is 1. The second kappa shape index (κ2) is 8.43. The van der Waals surface area contributed by atoms with E-state index in [2.05, 4.69) is 6.92 Å². The van der Waals surface area contributed by atoms with E-state index in [0.717, 1.165) is 29.4 Å². The zero-order chi connectivity index (χ0) is 19.3. The first-order chi connectivity index (χ1) is 12.2. The summed E-state index contributed by atoms with van der Waals surface area (Å²) in [5, 5.41) is 6.32. The highest BCUT2D eigenvalue weighted by Crippen LogP contribution is 2.19. The Kier molecular flexibility index (Phi) is 6.52. The summed E-state index contributed by atoms with van der Waals surface area (Å²) in [7, 11) is -2.25. The van der Waals surface area contributed by atoms with Gasteiger partial charge in [-0.3, -0.25) is 4.79 Å². The lowest BCUT2D eigenvalue weighted by Crippen LogP contribution is -2.30. The Morgan fingerprint density at radius 2 is 1.81 bits per heavy atom. The van der Waals surface area contributed by atoms with E-state index in [1.165, 1.54) is 15.8 Å². The van der Waals surface area contributed by atoms with Gasteiger partial charge in [0.1, 0.15) is 4.21 Å². The Balaban J connectivity index is 1.88. The number of esters is 1. The SMILES string of the molecule is CCc1ccc(CN(C)C(=O)COC(=O)c2csc(S(N)(=O)=O)c2)cc1.